The maximum Gasteiger partial charge on any atom is 0.247 e. The van der Waals surface area contributed by atoms with Crippen molar-refractivity contribution < 1.29 is 14.3 Å². The Morgan fingerprint density at radius 3 is 2.52 bits per heavy atom. The van der Waals surface area contributed by atoms with Crippen LogP contribution < -0.4 is 5.32 Å². The molecule has 2 rings (SSSR count). The lowest BCUT2D eigenvalue weighted by molar-refractivity contribution is -0.151. The Bertz CT molecular complexity index is 502. The highest BCUT2D eigenvalue weighted by atomic mass is 16.5. The molecule has 114 valence electrons. The number of benzene rings is 1. The molecule has 1 aliphatic rings. The van der Waals surface area contributed by atoms with Crippen molar-refractivity contribution in [3.05, 3.63) is 35.9 Å². The van der Waals surface area contributed by atoms with Crippen LogP contribution in [0.15, 0.2) is 30.3 Å². The number of nitrogens with one attached hydrogen (secondary N) is 1. The summed E-state index contributed by atoms with van der Waals surface area (Å²) >= 11 is 0. The van der Waals surface area contributed by atoms with Crippen LogP contribution in [0.2, 0.25) is 0 Å². The number of ether oxygens (including phenoxy) is 1. The van der Waals surface area contributed by atoms with Gasteiger partial charge in [-0.05, 0) is 11.5 Å². The first-order valence-corrected chi connectivity index (χ1v) is 7.19. The van der Waals surface area contributed by atoms with Crippen molar-refractivity contribution in [1.82, 2.24) is 10.2 Å². The van der Waals surface area contributed by atoms with Crippen molar-refractivity contribution >= 4 is 11.8 Å². The van der Waals surface area contributed by atoms with Gasteiger partial charge in [0.1, 0.15) is 6.04 Å². The third-order valence-corrected chi connectivity index (χ3v) is 3.81. The van der Waals surface area contributed by atoms with E-state index in [1.165, 1.54) is 0 Å². The Kier molecular flexibility index (Phi) is 4.96. The molecule has 1 aromatic carbocycles. The van der Waals surface area contributed by atoms with Gasteiger partial charge in [0.25, 0.3) is 0 Å². The van der Waals surface area contributed by atoms with Crippen molar-refractivity contribution in [2.24, 2.45) is 5.92 Å². The van der Waals surface area contributed by atoms with E-state index in [0.717, 1.165) is 5.56 Å². The Balaban J connectivity index is 2.40. The fourth-order valence-electron chi connectivity index (χ4n) is 2.71. The standard InChI is InChI=1S/C16H22N2O3/c1-11(2)13(10-21-3)18-14(19)9-17-16(20)15(18)12-7-5-4-6-8-12/h4-8,11,13,15H,9-10H2,1-3H3,(H,17,20). The summed E-state index contributed by atoms with van der Waals surface area (Å²) in [6, 6.07) is 8.68. The van der Waals surface area contributed by atoms with Gasteiger partial charge in [0.15, 0.2) is 0 Å². The minimum Gasteiger partial charge on any atom is -0.383 e. The number of hydrogen-bond donors (Lipinski definition) is 1. The smallest absolute Gasteiger partial charge is 0.247 e. The summed E-state index contributed by atoms with van der Waals surface area (Å²) in [4.78, 5) is 26.4. The molecule has 1 heterocycles. The fourth-order valence-corrected chi connectivity index (χ4v) is 2.71. The van der Waals surface area contributed by atoms with Crippen LogP contribution in [0.4, 0.5) is 0 Å². The molecule has 5 nitrogen and oxygen atoms in total. The van der Waals surface area contributed by atoms with E-state index < -0.39 is 6.04 Å². The van der Waals surface area contributed by atoms with E-state index in [1.807, 2.05) is 44.2 Å². The Hall–Kier alpha value is -1.88. The van der Waals surface area contributed by atoms with E-state index in [4.69, 9.17) is 4.74 Å². The molecule has 2 atom stereocenters. The van der Waals surface area contributed by atoms with Crippen molar-refractivity contribution in [3.8, 4) is 0 Å². The minimum absolute atomic E-state index is 0.0507. The minimum atomic E-state index is -0.588. The third-order valence-electron chi connectivity index (χ3n) is 3.81. The van der Waals surface area contributed by atoms with Crippen LogP contribution >= 0.6 is 0 Å². The third kappa shape index (κ3) is 3.24. The summed E-state index contributed by atoms with van der Waals surface area (Å²) in [6.07, 6.45) is 0. The van der Waals surface area contributed by atoms with Gasteiger partial charge in [-0.3, -0.25) is 9.59 Å². The molecule has 21 heavy (non-hydrogen) atoms. The molecule has 0 spiro atoms. The quantitative estimate of drug-likeness (QED) is 0.890. The highest BCUT2D eigenvalue weighted by molar-refractivity contribution is 5.95. The molecule has 1 aromatic rings. The second kappa shape index (κ2) is 6.72. The number of carbonyl (C=O) groups is 2. The average molecular weight is 290 g/mol. The van der Waals surface area contributed by atoms with Gasteiger partial charge in [-0.2, -0.15) is 0 Å². The lowest BCUT2D eigenvalue weighted by Crippen LogP contribution is -2.59. The van der Waals surface area contributed by atoms with Gasteiger partial charge in [-0.1, -0.05) is 44.2 Å². The van der Waals surface area contributed by atoms with Gasteiger partial charge in [0.2, 0.25) is 11.8 Å². The van der Waals surface area contributed by atoms with Crippen molar-refractivity contribution in [3.63, 3.8) is 0 Å². The van der Waals surface area contributed by atoms with Crippen LogP contribution in [0.3, 0.4) is 0 Å². The Labute approximate surface area is 125 Å². The molecule has 0 aromatic heterocycles. The van der Waals surface area contributed by atoms with Crippen LogP contribution in [0.1, 0.15) is 25.5 Å². The molecule has 1 fully saturated rings. The maximum absolute atomic E-state index is 12.4. The first-order chi connectivity index (χ1) is 10.1. The van der Waals surface area contributed by atoms with Crippen LogP contribution in [0.5, 0.6) is 0 Å². The van der Waals surface area contributed by atoms with Crippen molar-refractivity contribution in [1.29, 1.82) is 0 Å². The molecule has 0 bridgehead atoms. The van der Waals surface area contributed by atoms with Gasteiger partial charge < -0.3 is 15.0 Å². The zero-order chi connectivity index (χ0) is 15.4. The predicted molar refractivity (Wildman–Crippen MR) is 79.5 cm³/mol. The van der Waals surface area contributed by atoms with Crippen LogP contribution in [0, 0.1) is 5.92 Å². The summed E-state index contributed by atoms with van der Waals surface area (Å²) in [5.74, 6) is -0.00670. The Morgan fingerprint density at radius 1 is 1.29 bits per heavy atom. The number of rotatable bonds is 5. The number of hydrogen-bond acceptors (Lipinski definition) is 3. The second-order valence-corrected chi connectivity index (χ2v) is 5.60. The van der Waals surface area contributed by atoms with E-state index >= 15 is 0 Å². The van der Waals surface area contributed by atoms with E-state index in [2.05, 4.69) is 5.32 Å². The van der Waals surface area contributed by atoms with Crippen molar-refractivity contribution in [2.45, 2.75) is 25.9 Å². The van der Waals surface area contributed by atoms with Gasteiger partial charge in [-0.15, -0.1) is 0 Å². The number of nitrogens with zero attached hydrogens (tertiary/aromatic N) is 1. The first kappa shape index (κ1) is 15.5. The largest absolute Gasteiger partial charge is 0.383 e. The highest BCUT2D eigenvalue weighted by Crippen LogP contribution is 2.28. The number of amides is 2. The monoisotopic (exact) mass is 290 g/mol. The molecule has 2 amide bonds. The van der Waals surface area contributed by atoms with Gasteiger partial charge in [0, 0.05) is 7.11 Å². The summed E-state index contributed by atoms with van der Waals surface area (Å²) < 4.78 is 5.26. The van der Waals surface area contributed by atoms with E-state index in [9.17, 15) is 9.59 Å². The molecule has 1 aliphatic heterocycles. The summed E-state index contributed by atoms with van der Waals surface area (Å²) in [5, 5.41) is 2.68. The van der Waals surface area contributed by atoms with E-state index in [-0.39, 0.29) is 30.3 Å². The van der Waals surface area contributed by atoms with Crippen LogP contribution in [-0.4, -0.2) is 43.0 Å². The zero-order valence-electron chi connectivity index (χ0n) is 12.7. The number of carbonyl (C=O) groups excluding carboxylic acids is 2. The lowest BCUT2D eigenvalue weighted by Gasteiger charge is -2.42. The molecule has 1 N–H and O–H groups in total. The molecule has 0 aliphatic carbocycles. The van der Waals surface area contributed by atoms with Crippen molar-refractivity contribution in [2.75, 3.05) is 20.3 Å². The zero-order valence-corrected chi connectivity index (χ0v) is 12.7. The van der Waals surface area contributed by atoms with Gasteiger partial charge >= 0.3 is 0 Å². The summed E-state index contributed by atoms with van der Waals surface area (Å²) in [5.41, 5.74) is 0.824. The molecular formula is C16H22N2O3. The van der Waals surface area contributed by atoms with E-state index in [0.29, 0.717) is 6.61 Å². The number of piperazine rings is 1. The molecule has 0 saturated carbocycles. The summed E-state index contributed by atoms with van der Waals surface area (Å²) in [7, 11) is 1.61. The molecule has 5 heteroatoms. The SMILES string of the molecule is COCC(C(C)C)N1C(=O)CNC(=O)C1c1ccccc1. The van der Waals surface area contributed by atoms with E-state index in [1.54, 1.807) is 12.0 Å². The Morgan fingerprint density at radius 2 is 1.95 bits per heavy atom. The molecule has 0 radical (unpaired) electrons. The molecular weight excluding hydrogens is 268 g/mol. The lowest BCUT2D eigenvalue weighted by atomic mass is 9.95. The van der Waals surface area contributed by atoms with Gasteiger partial charge in [-0.25, -0.2) is 0 Å². The fraction of sp³-hybridized carbons (Fsp3) is 0.500. The predicted octanol–water partition coefficient (Wildman–Crippen LogP) is 1.36. The normalized spacial score (nSPS) is 20.6. The molecule has 1 saturated heterocycles. The number of methoxy groups -OCH3 is 1. The topological polar surface area (TPSA) is 58.6 Å². The van der Waals surface area contributed by atoms with Crippen LogP contribution in [0.25, 0.3) is 0 Å². The maximum atomic E-state index is 12.4. The van der Waals surface area contributed by atoms with Gasteiger partial charge in [0.05, 0.1) is 19.2 Å². The highest BCUT2D eigenvalue weighted by Gasteiger charge is 2.40. The first-order valence-electron chi connectivity index (χ1n) is 7.19. The molecule has 2 unspecified atom stereocenters. The average Bonchev–Trinajstić information content (AvgIpc) is 2.48. The van der Waals surface area contributed by atoms with Crippen LogP contribution in [-0.2, 0) is 14.3 Å². The summed E-state index contributed by atoms with van der Waals surface area (Å²) in [6.45, 7) is 4.53. The second-order valence-electron chi connectivity index (χ2n) is 5.60.